The van der Waals surface area contributed by atoms with E-state index in [1.165, 1.54) is 12.1 Å². The molecule has 2 amide bonds. The number of rotatable bonds is 7. The molecular formula is C25H13BrCl2F10N2O3. The van der Waals surface area contributed by atoms with Crippen LogP contribution in [0.1, 0.15) is 26.3 Å². The number of para-hydroxylation sites is 1. The van der Waals surface area contributed by atoms with E-state index in [1.54, 1.807) is 0 Å². The van der Waals surface area contributed by atoms with Crippen LogP contribution >= 0.6 is 39.1 Å². The number of carbonyl (C=O) groups excluding carboxylic acids is 2. The number of anilines is 2. The fourth-order valence-electron chi connectivity index (χ4n) is 3.69. The molecule has 0 fully saturated rings. The first kappa shape index (κ1) is 34.3. The number of alkyl halides is 9. The lowest BCUT2D eigenvalue weighted by atomic mass is 9.87. The van der Waals surface area contributed by atoms with E-state index in [0.717, 1.165) is 31.4 Å². The second-order valence-electron chi connectivity index (χ2n) is 8.46. The number of carbonyl (C=O) groups is 2. The van der Waals surface area contributed by atoms with Crippen molar-refractivity contribution in [3.8, 4) is 5.75 Å². The third kappa shape index (κ3) is 6.36. The Balaban J connectivity index is 2.00. The van der Waals surface area contributed by atoms with Gasteiger partial charge in [-0.05, 0) is 58.4 Å². The molecule has 43 heavy (non-hydrogen) atoms. The first-order valence-corrected chi connectivity index (χ1v) is 12.7. The van der Waals surface area contributed by atoms with Gasteiger partial charge in [-0.3, -0.25) is 9.59 Å². The van der Waals surface area contributed by atoms with Gasteiger partial charge in [-0.15, -0.1) is 0 Å². The van der Waals surface area contributed by atoms with Crippen LogP contribution in [0, 0.1) is 5.82 Å². The van der Waals surface area contributed by atoms with Crippen LogP contribution in [0.3, 0.4) is 0 Å². The van der Waals surface area contributed by atoms with Crippen LogP contribution in [0.15, 0.2) is 53.0 Å². The molecule has 0 heterocycles. The van der Waals surface area contributed by atoms with Gasteiger partial charge in [0.05, 0.1) is 39.7 Å². The molecule has 0 aliphatic carbocycles. The summed E-state index contributed by atoms with van der Waals surface area (Å²) in [6, 6.07) is 6.39. The van der Waals surface area contributed by atoms with Gasteiger partial charge in [0.2, 0.25) is 0 Å². The third-order valence-corrected chi connectivity index (χ3v) is 6.98. The Morgan fingerprint density at radius 2 is 1.40 bits per heavy atom. The number of hydrogen-bond donors (Lipinski definition) is 2. The number of ether oxygens (including phenoxy) is 1. The molecule has 0 bridgehead atoms. The fourth-order valence-corrected chi connectivity index (χ4v) is 4.88. The molecule has 0 saturated heterocycles. The molecule has 1 unspecified atom stereocenters. The van der Waals surface area contributed by atoms with E-state index in [0.29, 0.717) is 0 Å². The van der Waals surface area contributed by atoms with Crippen LogP contribution in [-0.4, -0.2) is 37.2 Å². The molecule has 232 valence electrons. The average Bonchev–Trinajstić information content (AvgIpc) is 2.88. The SMILES string of the molecule is COc1c(NC(=O)c2ccc(F)cc2Cl)cccc1C(=O)Nc1c(Cl)cc(C(F)(C(F)(F)F)C(F)(F)C(F)(F)F)cc1Br. The Morgan fingerprint density at radius 1 is 0.791 bits per heavy atom. The van der Waals surface area contributed by atoms with Gasteiger partial charge in [-0.1, -0.05) is 29.3 Å². The van der Waals surface area contributed by atoms with Crippen LogP contribution in [-0.2, 0) is 5.67 Å². The molecule has 3 rings (SSSR count). The van der Waals surface area contributed by atoms with E-state index in [1.807, 2.05) is 0 Å². The average molecular weight is 730 g/mol. The Hall–Kier alpha value is -3.24. The van der Waals surface area contributed by atoms with E-state index < -0.39 is 62.3 Å². The molecule has 3 aromatic rings. The van der Waals surface area contributed by atoms with Crippen LogP contribution in [0.2, 0.25) is 10.0 Å². The van der Waals surface area contributed by atoms with Crippen molar-refractivity contribution in [2.75, 3.05) is 17.7 Å². The quantitative estimate of drug-likeness (QED) is 0.238. The van der Waals surface area contributed by atoms with Gasteiger partial charge in [-0.2, -0.15) is 35.1 Å². The van der Waals surface area contributed by atoms with Crippen LogP contribution < -0.4 is 15.4 Å². The lowest BCUT2D eigenvalue weighted by Crippen LogP contribution is -2.59. The zero-order valence-corrected chi connectivity index (χ0v) is 23.9. The third-order valence-electron chi connectivity index (χ3n) is 5.75. The minimum Gasteiger partial charge on any atom is -0.494 e. The molecule has 18 heteroatoms. The standard InChI is InChI=1S/C25H13BrCl2F10N2O3/c1-43-19-13(3-2-4-17(19)39-20(41)12-6-5-11(29)9-15(12)27)21(42)40-18-14(26)7-10(8-16(18)28)22(30,24(33,34)35)23(31,32)25(36,37)38/h2-9H,1H3,(H,39,41)(H,40,42). The molecule has 0 saturated carbocycles. The van der Waals surface area contributed by atoms with Gasteiger partial charge in [0.15, 0.2) is 5.75 Å². The number of amides is 2. The van der Waals surface area contributed by atoms with Crippen molar-refractivity contribution in [3.63, 3.8) is 0 Å². The molecule has 0 aliphatic heterocycles. The molecular weight excluding hydrogens is 717 g/mol. The van der Waals surface area contributed by atoms with Crippen molar-refractivity contribution in [1.82, 2.24) is 0 Å². The second kappa shape index (κ2) is 12.0. The van der Waals surface area contributed by atoms with Crippen LogP contribution in [0.25, 0.3) is 0 Å². The second-order valence-corrected chi connectivity index (χ2v) is 10.1. The van der Waals surface area contributed by atoms with Crippen molar-refractivity contribution >= 4 is 62.3 Å². The topological polar surface area (TPSA) is 67.4 Å². The normalized spacial score (nSPS) is 13.7. The number of methoxy groups -OCH3 is 1. The highest BCUT2D eigenvalue weighted by atomic mass is 79.9. The summed E-state index contributed by atoms with van der Waals surface area (Å²) in [6.07, 6.45) is -13.7. The van der Waals surface area contributed by atoms with Crippen LogP contribution in [0.5, 0.6) is 5.75 Å². The summed E-state index contributed by atoms with van der Waals surface area (Å²) in [5, 5.41) is 3.18. The van der Waals surface area contributed by atoms with E-state index in [-0.39, 0.29) is 39.7 Å². The monoisotopic (exact) mass is 728 g/mol. The summed E-state index contributed by atoms with van der Waals surface area (Å²) in [6.45, 7) is 0. The van der Waals surface area contributed by atoms with Gasteiger partial charge < -0.3 is 15.4 Å². The molecule has 2 N–H and O–H groups in total. The fraction of sp³-hybridized carbons (Fsp3) is 0.200. The Labute approximate surface area is 253 Å². The van der Waals surface area contributed by atoms with Gasteiger partial charge in [0.25, 0.3) is 11.8 Å². The van der Waals surface area contributed by atoms with Crippen molar-refractivity contribution in [1.29, 1.82) is 0 Å². The van der Waals surface area contributed by atoms with E-state index in [4.69, 9.17) is 27.9 Å². The zero-order chi connectivity index (χ0) is 32.7. The molecule has 0 aromatic heterocycles. The van der Waals surface area contributed by atoms with Crippen molar-refractivity contribution in [2.24, 2.45) is 0 Å². The predicted octanol–water partition coefficient (Wildman–Crippen LogP) is 9.33. The maximum Gasteiger partial charge on any atom is 0.457 e. The summed E-state index contributed by atoms with van der Waals surface area (Å²) in [4.78, 5) is 25.7. The molecule has 1 atom stereocenters. The van der Waals surface area contributed by atoms with E-state index in [9.17, 15) is 53.5 Å². The number of hydrogen-bond acceptors (Lipinski definition) is 3. The molecule has 0 spiro atoms. The molecule has 0 aliphatic rings. The lowest BCUT2D eigenvalue weighted by molar-refractivity contribution is -0.389. The highest BCUT2D eigenvalue weighted by Crippen LogP contribution is 2.59. The molecule has 3 aromatic carbocycles. The maximum atomic E-state index is 14.9. The summed E-state index contributed by atoms with van der Waals surface area (Å²) in [5.41, 5.74) is -9.76. The van der Waals surface area contributed by atoms with Gasteiger partial charge in [-0.25, -0.2) is 8.78 Å². The molecule has 0 radical (unpaired) electrons. The number of benzene rings is 3. The van der Waals surface area contributed by atoms with Gasteiger partial charge in [0, 0.05) is 10.0 Å². The zero-order valence-electron chi connectivity index (χ0n) is 20.8. The van der Waals surface area contributed by atoms with Crippen molar-refractivity contribution in [3.05, 3.63) is 85.6 Å². The Kier molecular flexibility index (Phi) is 9.59. The van der Waals surface area contributed by atoms with Gasteiger partial charge >= 0.3 is 23.9 Å². The minimum absolute atomic E-state index is 0.0467. The lowest BCUT2D eigenvalue weighted by Gasteiger charge is -2.36. The highest BCUT2D eigenvalue weighted by Gasteiger charge is 2.81. The smallest absolute Gasteiger partial charge is 0.457 e. The predicted molar refractivity (Wildman–Crippen MR) is 139 cm³/mol. The largest absolute Gasteiger partial charge is 0.494 e. The van der Waals surface area contributed by atoms with Crippen molar-refractivity contribution in [2.45, 2.75) is 23.9 Å². The van der Waals surface area contributed by atoms with E-state index >= 15 is 0 Å². The summed E-state index contributed by atoms with van der Waals surface area (Å²) in [5.74, 6) is -9.94. The maximum absolute atomic E-state index is 14.9. The Bertz CT molecular complexity index is 1560. The van der Waals surface area contributed by atoms with Crippen LogP contribution in [0.4, 0.5) is 55.3 Å². The summed E-state index contributed by atoms with van der Waals surface area (Å²) in [7, 11) is 1.09. The summed E-state index contributed by atoms with van der Waals surface area (Å²) >= 11 is 14.3. The summed E-state index contributed by atoms with van der Waals surface area (Å²) < 4.78 is 139. The van der Waals surface area contributed by atoms with Crippen molar-refractivity contribution < 1.29 is 58.2 Å². The molecule has 5 nitrogen and oxygen atoms in total. The highest BCUT2D eigenvalue weighted by molar-refractivity contribution is 9.10. The van der Waals surface area contributed by atoms with Gasteiger partial charge in [0.1, 0.15) is 5.82 Å². The first-order valence-electron chi connectivity index (χ1n) is 11.1. The van der Waals surface area contributed by atoms with E-state index in [2.05, 4.69) is 26.6 Å². The number of halogens is 13. The number of nitrogens with one attached hydrogen (secondary N) is 2. The minimum atomic E-state index is -6.96. The Morgan fingerprint density at radius 3 is 1.91 bits per heavy atom. The first-order chi connectivity index (χ1) is 19.7.